The highest BCUT2D eigenvalue weighted by Gasteiger charge is 2.28. The van der Waals surface area contributed by atoms with Crippen molar-refractivity contribution in [3.63, 3.8) is 0 Å². The van der Waals surface area contributed by atoms with Gasteiger partial charge in [0, 0.05) is 19.3 Å². The summed E-state index contributed by atoms with van der Waals surface area (Å²) in [6, 6.07) is 5.97. The van der Waals surface area contributed by atoms with Gasteiger partial charge in [-0.1, -0.05) is 43.7 Å². The van der Waals surface area contributed by atoms with Gasteiger partial charge < -0.3 is 32.5 Å². The van der Waals surface area contributed by atoms with E-state index in [4.69, 9.17) is 20.9 Å². The lowest BCUT2D eigenvalue weighted by atomic mass is 9.90. The van der Waals surface area contributed by atoms with Gasteiger partial charge >= 0.3 is 5.96 Å². The summed E-state index contributed by atoms with van der Waals surface area (Å²) in [5.41, 5.74) is 11.7. The smallest absolute Gasteiger partial charge is 0.338 e. The lowest BCUT2D eigenvalue weighted by molar-refractivity contribution is -0.459. The number of guanidine groups is 1. The van der Waals surface area contributed by atoms with Crippen molar-refractivity contribution in [2.45, 2.75) is 64.0 Å². The summed E-state index contributed by atoms with van der Waals surface area (Å²) in [6.45, 7) is 9.94. The fourth-order valence-corrected chi connectivity index (χ4v) is 4.08. The summed E-state index contributed by atoms with van der Waals surface area (Å²) < 4.78 is 10.3. The third-order valence-electron chi connectivity index (χ3n) is 6.04. The van der Waals surface area contributed by atoms with Crippen molar-refractivity contribution in [2.75, 3.05) is 19.8 Å². The number of nitrogens with one attached hydrogen (secondary N) is 3. The van der Waals surface area contributed by atoms with E-state index in [-0.39, 0.29) is 55.4 Å². The van der Waals surface area contributed by atoms with Crippen LogP contribution in [0.3, 0.4) is 0 Å². The van der Waals surface area contributed by atoms with Gasteiger partial charge in [0.05, 0.1) is 18.6 Å². The lowest BCUT2D eigenvalue weighted by Gasteiger charge is -2.23. The Morgan fingerprint density at radius 1 is 1.05 bits per heavy atom. The highest BCUT2D eigenvalue weighted by atomic mass is 35.5. The Labute approximate surface area is 248 Å². The standard InChI is InChI=1S/C29H43N5O6.ClH/c1-4-9-24(19-39-20-35)34-28(38)23(10-7-6-8-15-32-29(30)31)18-27(37)26(33-21(3)36)17-22-11-13-25(14-12-22)40-16-5-2;/h4-5,11-14,20,23-24,26H,1-2,6-10,15-19H2,3H3,(H,33,36)(H,34,38)(H4,30,31,32);1H/t23-,24+,26+;/m1./s1. The minimum Gasteiger partial charge on any atom is -1.00 e. The molecule has 7 N–H and O–H groups in total. The van der Waals surface area contributed by atoms with Crippen LogP contribution in [0.15, 0.2) is 49.6 Å². The van der Waals surface area contributed by atoms with Gasteiger partial charge in [-0.25, -0.2) is 0 Å². The van der Waals surface area contributed by atoms with Gasteiger partial charge in [0.15, 0.2) is 5.78 Å². The predicted octanol–water partition coefficient (Wildman–Crippen LogP) is -2.97. The molecule has 12 heteroatoms. The van der Waals surface area contributed by atoms with Crippen molar-refractivity contribution >= 4 is 30.0 Å². The van der Waals surface area contributed by atoms with Crippen LogP contribution in [-0.4, -0.2) is 61.9 Å². The van der Waals surface area contributed by atoms with Gasteiger partial charge in [-0.3, -0.25) is 35.6 Å². The Kier molecular flexibility index (Phi) is 19.8. The Morgan fingerprint density at radius 3 is 2.34 bits per heavy atom. The summed E-state index contributed by atoms with van der Waals surface area (Å²) in [5.74, 6) is -0.738. The van der Waals surface area contributed by atoms with Gasteiger partial charge in [0.2, 0.25) is 11.8 Å². The zero-order chi connectivity index (χ0) is 29.8. The Balaban J connectivity index is 0.0000160. The summed E-state index contributed by atoms with van der Waals surface area (Å²) >= 11 is 0. The molecule has 0 radical (unpaired) electrons. The molecule has 1 aromatic rings. The van der Waals surface area contributed by atoms with Crippen LogP contribution in [0.4, 0.5) is 0 Å². The summed E-state index contributed by atoms with van der Waals surface area (Å²) in [6.07, 6.45) is 6.58. The van der Waals surface area contributed by atoms with Gasteiger partial charge in [-0.05, 0) is 43.4 Å². The number of hydrogen-bond acceptors (Lipinski definition) is 6. The molecule has 0 saturated heterocycles. The van der Waals surface area contributed by atoms with Gasteiger partial charge in [-0.2, -0.15) is 0 Å². The molecule has 1 rings (SSSR count). The molecule has 3 atom stereocenters. The number of ether oxygens (including phenoxy) is 2. The molecule has 0 aliphatic carbocycles. The molecule has 1 aromatic carbocycles. The molecule has 0 aliphatic heterocycles. The van der Waals surface area contributed by atoms with E-state index in [9.17, 15) is 19.2 Å². The summed E-state index contributed by atoms with van der Waals surface area (Å²) in [5, 5.41) is 5.61. The van der Waals surface area contributed by atoms with Crippen molar-refractivity contribution in [1.82, 2.24) is 10.6 Å². The first kappa shape index (κ1) is 37.1. The topological polar surface area (TPSA) is 177 Å². The SMILES string of the molecule is C=CCOc1ccc(C[C@H](NC(C)=O)C(=O)C[C@@H](CCCCC[NH+]=C(N)N)C(=O)N[C@@H](CC=C)COC=O)cc1.[Cl-]. The van der Waals surface area contributed by atoms with Crippen LogP contribution in [0.1, 0.15) is 51.0 Å². The van der Waals surface area contributed by atoms with Crippen molar-refractivity contribution < 1.29 is 46.1 Å². The lowest BCUT2D eigenvalue weighted by Crippen LogP contribution is -3.00. The fraction of sp³-hybridized carbons (Fsp3) is 0.483. The number of carbonyl (C=O) groups excluding carboxylic acids is 4. The van der Waals surface area contributed by atoms with Crippen molar-refractivity contribution in [3.05, 3.63) is 55.1 Å². The molecule has 2 amide bonds. The highest BCUT2D eigenvalue weighted by molar-refractivity contribution is 5.92. The van der Waals surface area contributed by atoms with Gasteiger partial charge in [0.25, 0.3) is 6.47 Å². The second kappa shape index (κ2) is 21.9. The molecular weight excluding hydrogens is 550 g/mol. The number of amides is 2. The first-order chi connectivity index (χ1) is 19.2. The first-order valence-electron chi connectivity index (χ1n) is 13.4. The fourth-order valence-electron chi connectivity index (χ4n) is 4.08. The summed E-state index contributed by atoms with van der Waals surface area (Å²) in [4.78, 5) is 52.1. The molecule has 228 valence electrons. The van der Waals surface area contributed by atoms with Crippen LogP contribution in [0, 0.1) is 5.92 Å². The average molecular weight is 594 g/mol. The first-order valence-corrected chi connectivity index (χ1v) is 13.4. The van der Waals surface area contributed by atoms with E-state index >= 15 is 0 Å². The third-order valence-corrected chi connectivity index (χ3v) is 6.04. The van der Waals surface area contributed by atoms with E-state index < -0.39 is 18.0 Å². The molecular formula is C29H44ClN5O6. The zero-order valence-electron chi connectivity index (χ0n) is 23.7. The van der Waals surface area contributed by atoms with E-state index in [0.29, 0.717) is 44.6 Å². The number of rotatable bonds is 22. The number of halogens is 1. The van der Waals surface area contributed by atoms with Crippen LogP contribution in [-0.2, 0) is 30.3 Å². The van der Waals surface area contributed by atoms with E-state index in [1.54, 1.807) is 24.3 Å². The molecule has 0 bridgehead atoms. The minimum absolute atomic E-state index is 0. The van der Waals surface area contributed by atoms with Crippen LogP contribution < -0.4 is 44.2 Å². The van der Waals surface area contributed by atoms with Gasteiger partial charge in [0.1, 0.15) is 19.0 Å². The number of benzene rings is 1. The van der Waals surface area contributed by atoms with Crippen LogP contribution in [0.2, 0.25) is 0 Å². The molecule has 41 heavy (non-hydrogen) atoms. The number of ketones is 1. The second-order valence-corrected chi connectivity index (χ2v) is 9.46. The molecule has 0 aliphatic rings. The monoisotopic (exact) mass is 593 g/mol. The highest BCUT2D eigenvalue weighted by Crippen LogP contribution is 2.19. The van der Waals surface area contributed by atoms with Crippen LogP contribution >= 0.6 is 0 Å². The second-order valence-electron chi connectivity index (χ2n) is 9.46. The maximum Gasteiger partial charge on any atom is 0.338 e. The van der Waals surface area contributed by atoms with Crippen molar-refractivity contribution in [3.8, 4) is 5.75 Å². The zero-order valence-corrected chi connectivity index (χ0v) is 24.5. The molecule has 0 heterocycles. The number of unbranched alkanes of at least 4 members (excludes halogenated alkanes) is 2. The van der Waals surface area contributed by atoms with E-state index in [1.165, 1.54) is 6.92 Å². The van der Waals surface area contributed by atoms with E-state index in [0.717, 1.165) is 18.4 Å². The Hall–Kier alpha value is -3.86. The number of hydrogen-bond donors (Lipinski definition) is 5. The molecule has 0 spiro atoms. The van der Waals surface area contributed by atoms with E-state index in [1.807, 2.05) is 12.1 Å². The quantitative estimate of drug-likeness (QED) is 0.0311. The number of Topliss-reactive ketones (excluding diaryl/α,β-unsaturated/α-hetero) is 1. The molecule has 0 saturated carbocycles. The van der Waals surface area contributed by atoms with Crippen LogP contribution in [0.5, 0.6) is 5.75 Å². The normalized spacial score (nSPS) is 12.3. The Morgan fingerprint density at radius 2 is 1.76 bits per heavy atom. The predicted molar refractivity (Wildman–Crippen MR) is 153 cm³/mol. The van der Waals surface area contributed by atoms with Crippen LogP contribution in [0.25, 0.3) is 0 Å². The maximum atomic E-state index is 13.4. The summed E-state index contributed by atoms with van der Waals surface area (Å²) in [7, 11) is 0. The van der Waals surface area contributed by atoms with Crippen molar-refractivity contribution in [2.24, 2.45) is 17.4 Å². The third kappa shape index (κ3) is 16.8. The average Bonchev–Trinajstić information content (AvgIpc) is 2.91. The number of carbonyl (C=O) groups is 4. The maximum absolute atomic E-state index is 13.4. The minimum atomic E-state index is -0.803. The molecule has 0 fully saturated rings. The van der Waals surface area contributed by atoms with Crippen molar-refractivity contribution in [1.29, 1.82) is 0 Å². The largest absolute Gasteiger partial charge is 1.00 e. The molecule has 11 nitrogen and oxygen atoms in total. The van der Waals surface area contributed by atoms with E-state index in [2.05, 4.69) is 28.8 Å². The molecule has 0 unspecified atom stereocenters. The van der Waals surface area contributed by atoms with Gasteiger partial charge in [-0.15, -0.1) is 6.58 Å². The number of nitrogens with two attached hydrogens (primary N) is 2. The molecule has 0 aromatic heterocycles. The Bertz CT molecular complexity index is 998.